The lowest BCUT2D eigenvalue weighted by atomic mass is 9.86. The van der Waals surface area contributed by atoms with Crippen molar-refractivity contribution in [1.29, 1.82) is 0 Å². The highest BCUT2D eigenvalue weighted by molar-refractivity contribution is 5.95. The molecule has 1 atom stereocenters. The standard InChI is InChI=1S/C13H20N2O/c1-4-13(3,9-14)12(16)15-11-7-5-6-10(2)8-11/h5-8H,4,9,14H2,1-3H3,(H,15,16). The van der Waals surface area contributed by atoms with Gasteiger partial charge in [0.15, 0.2) is 0 Å². The quantitative estimate of drug-likeness (QED) is 0.818. The van der Waals surface area contributed by atoms with Gasteiger partial charge in [-0.1, -0.05) is 19.1 Å². The number of aryl methyl sites for hydroxylation is 1. The molecule has 0 bridgehead atoms. The van der Waals surface area contributed by atoms with E-state index in [0.29, 0.717) is 6.54 Å². The van der Waals surface area contributed by atoms with Gasteiger partial charge < -0.3 is 11.1 Å². The summed E-state index contributed by atoms with van der Waals surface area (Å²) in [7, 11) is 0. The molecule has 1 rings (SSSR count). The van der Waals surface area contributed by atoms with Gasteiger partial charge in [0.1, 0.15) is 0 Å². The Hall–Kier alpha value is -1.35. The molecule has 1 aromatic rings. The number of anilines is 1. The Kier molecular flexibility index (Phi) is 4.07. The summed E-state index contributed by atoms with van der Waals surface area (Å²) in [6.07, 6.45) is 0.737. The van der Waals surface area contributed by atoms with Crippen molar-refractivity contribution in [1.82, 2.24) is 0 Å². The van der Waals surface area contributed by atoms with Crippen molar-refractivity contribution in [2.75, 3.05) is 11.9 Å². The molecule has 0 fully saturated rings. The van der Waals surface area contributed by atoms with E-state index in [2.05, 4.69) is 5.32 Å². The lowest BCUT2D eigenvalue weighted by Gasteiger charge is -2.25. The number of nitrogens with one attached hydrogen (secondary N) is 1. The first kappa shape index (κ1) is 12.7. The first-order chi connectivity index (χ1) is 7.51. The molecule has 1 unspecified atom stereocenters. The molecule has 0 saturated heterocycles. The van der Waals surface area contributed by atoms with E-state index < -0.39 is 5.41 Å². The second-order valence-corrected chi connectivity index (χ2v) is 4.44. The highest BCUT2D eigenvalue weighted by Crippen LogP contribution is 2.22. The Labute approximate surface area is 97.0 Å². The lowest BCUT2D eigenvalue weighted by Crippen LogP contribution is -2.39. The van der Waals surface area contributed by atoms with Gasteiger partial charge in [-0.3, -0.25) is 4.79 Å². The number of rotatable bonds is 4. The average Bonchev–Trinajstić information content (AvgIpc) is 2.28. The zero-order valence-electron chi connectivity index (χ0n) is 10.2. The van der Waals surface area contributed by atoms with Crippen LogP contribution < -0.4 is 11.1 Å². The number of hydrogen-bond donors (Lipinski definition) is 2. The van der Waals surface area contributed by atoms with E-state index in [9.17, 15) is 4.79 Å². The van der Waals surface area contributed by atoms with Crippen molar-refractivity contribution in [2.45, 2.75) is 27.2 Å². The molecule has 0 heterocycles. The predicted molar refractivity (Wildman–Crippen MR) is 67.3 cm³/mol. The van der Waals surface area contributed by atoms with E-state index in [1.165, 1.54) is 0 Å². The van der Waals surface area contributed by atoms with Crippen LogP contribution in [0.4, 0.5) is 5.69 Å². The highest BCUT2D eigenvalue weighted by atomic mass is 16.2. The molecule has 0 radical (unpaired) electrons. The molecular weight excluding hydrogens is 200 g/mol. The fourth-order valence-corrected chi connectivity index (χ4v) is 1.40. The summed E-state index contributed by atoms with van der Waals surface area (Å²) in [5.74, 6) is -0.0110. The van der Waals surface area contributed by atoms with Crippen molar-refractivity contribution < 1.29 is 4.79 Å². The van der Waals surface area contributed by atoms with Crippen LogP contribution in [0.1, 0.15) is 25.8 Å². The second-order valence-electron chi connectivity index (χ2n) is 4.44. The molecule has 3 N–H and O–H groups in total. The van der Waals surface area contributed by atoms with Crippen LogP contribution in [0.3, 0.4) is 0 Å². The summed E-state index contributed by atoms with van der Waals surface area (Å²) in [5.41, 5.74) is 7.12. The van der Waals surface area contributed by atoms with Gasteiger partial charge in [0.25, 0.3) is 0 Å². The van der Waals surface area contributed by atoms with Crippen LogP contribution in [-0.4, -0.2) is 12.5 Å². The van der Waals surface area contributed by atoms with E-state index in [1.807, 2.05) is 45.0 Å². The summed E-state index contributed by atoms with van der Waals surface area (Å²) in [6.45, 7) is 6.22. The van der Waals surface area contributed by atoms with Crippen molar-refractivity contribution in [2.24, 2.45) is 11.1 Å². The molecule has 0 spiro atoms. The Bertz CT molecular complexity index is 370. The van der Waals surface area contributed by atoms with Gasteiger partial charge in [-0.25, -0.2) is 0 Å². The van der Waals surface area contributed by atoms with Crippen molar-refractivity contribution in [3.8, 4) is 0 Å². The topological polar surface area (TPSA) is 55.1 Å². The van der Waals surface area contributed by atoms with E-state index in [1.54, 1.807) is 0 Å². The number of amides is 1. The van der Waals surface area contributed by atoms with Crippen molar-refractivity contribution >= 4 is 11.6 Å². The zero-order chi connectivity index (χ0) is 12.2. The van der Waals surface area contributed by atoms with Crippen LogP contribution >= 0.6 is 0 Å². The van der Waals surface area contributed by atoms with Crippen LogP contribution in [0, 0.1) is 12.3 Å². The maximum Gasteiger partial charge on any atom is 0.231 e. The minimum absolute atomic E-state index is 0.0110. The third-order valence-electron chi connectivity index (χ3n) is 3.05. The molecular formula is C13H20N2O. The molecule has 0 aromatic heterocycles. The van der Waals surface area contributed by atoms with Gasteiger partial charge in [-0.05, 0) is 38.0 Å². The molecule has 0 saturated carbocycles. The maximum absolute atomic E-state index is 12.0. The number of nitrogens with two attached hydrogens (primary N) is 1. The summed E-state index contributed by atoms with van der Waals surface area (Å²) >= 11 is 0. The molecule has 88 valence electrons. The first-order valence-electron chi connectivity index (χ1n) is 5.60. The van der Waals surface area contributed by atoms with Gasteiger partial charge in [-0.2, -0.15) is 0 Å². The van der Waals surface area contributed by atoms with Crippen LogP contribution in [0.2, 0.25) is 0 Å². The molecule has 0 aliphatic heterocycles. The van der Waals surface area contributed by atoms with Gasteiger partial charge >= 0.3 is 0 Å². The van der Waals surface area contributed by atoms with Crippen molar-refractivity contribution in [3.63, 3.8) is 0 Å². The van der Waals surface area contributed by atoms with Crippen LogP contribution in [-0.2, 0) is 4.79 Å². The Morgan fingerprint density at radius 3 is 2.69 bits per heavy atom. The highest BCUT2D eigenvalue weighted by Gasteiger charge is 2.29. The lowest BCUT2D eigenvalue weighted by molar-refractivity contribution is -0.124. The fourth-order valence-electron chi connectivity index (χ4n) is 1.40. The number of carbonyl (C=O) groups is 1. The SMILES string of the molecule is CCC(C)(CN)C(=O)Nc1cccc(C)c1. The van der Waals surface area contributed by atoms with Gasteiger partial charge in [0.2, 0.25) is 5.91 Å². The predicted octanol–water partition coefficient (Wildman–Crippen LogP) is 2.31. The van der Waals surface area contributed by atoms with Gasteiger partial charge in [0.05, 0.1) is 5.41 Å². The summed E-state index contributed by atoms with van der Waals surface area (Å²) in [6, 6.07) is 7.76. The van der Waals surface area contributed by atoms with Gasteiger partial charge in [-0.15, -0.1) is 0 Å². The smallest absolute Gasteiger partial charge is 0.231 e. The van der Waals surface area contributed by atoms with Crippen molar-refractivity contribution in [3.05, 3.63) is 29.8 Å². The van der Waals surface area contributed by atoms with Crippen LogP contribution in [0.25, 0.3) is 0 Å². The number of carbonyl (C=O) groups excluding carboxylic acids is 1. The molecule has 0 aliphatic rings. The minimum atomic E-state index is -0.482. The molecule has 1 aromatic carbocycles. The average molecular weight is 220 g/mol. The normalized spacial score (nSPS) is 14.2. The van der Waals surface area contributed by atoms with E-state index in [4.69, 9.17) is 5.73 Å². The van der Waals surface area contributed by atoms with E-state index in [-0.39, 0.29) is 5.91 Å². The third kappa shape index (κ3) is 2.83. The first-order valence-corrected chi connectivity index (χ1v) is 5.60. The Morgan fingerprint density at radius 2 is 2.19 bits per heavy atom. The molecule has 0 aliphatic carbocycles. The van der Waals surface area contributed by atoms with E-state index >= 15 is 0 Å². The molecule has 3 heteroatoms. The number of hydrogen-bond acceptors (Lipinski definition) is 2. The molecule has 3 nitrogen and oxygen atoms in total. The maximum atomic E-state index is 12.0. The Morgan fingerprint density at radius 1 is 1.50 bits per heavy atom. The zero-order valence-corrected chi connectivity index (χ0v) is 10.2. The Balaban J connectivity index is 2.78. The monoisotopic (exact) mass is 220 g/mol. The summed E-state index contributed by atoms with van der Waals surface area (Å²) < 4.78 is 0. The third-order valence-corrected chi connectivity index (χ3v) is 3.05. The van der Waals surface area contributed by atoms with Crippen LogP contribution in [0.5, 0.6) is 0 Å². The number of benzene rings is 1. The second kappa shape index (κ2) is 5.12. The fraction of sp³-hybridized carbons (Fsp3) is 0.462. The van der Waals surface area contributed by atoms with E-state index in [0.717, 1.165) is 17.7 Å². The van der Waals surface area contributed by atoms with Crippen LogP contribution in [0.15, 0.2) is 24.3 Å². The minimum Gasteiger partial charge on any atom is -0.329 e. The summed E-state index contributed by atoms with van der Waals surface area (Å²) in [5, 5.41) is 2.91. The molecule has 16 heavy (non-hydrogen) atoms. The summed E-state index contributed by atoms with van der Waals surface area (Å²) in [4.78, 5) is 12.0. The largest absolute Gasteiger partial charge is 0.329 e. The molecule has 1 amide bonds. The van der Waals surface area contributed by atoms with Gasteiger partial charge in [0, 0.05) is 12.2 Å².